The summed E-state index contributed by atoms with van der Waals surface area (Å²) < 4.78 is 0. The van der Waals surface area contributed by atoms with E-state index in [-0.39, 0.29) is 5.78 Å². The zero-order chi connectivity index (χ0) is 12.1. The Balaban J connectivity index is 1.89. The van der Waals surface area contributed by atoms with E-state index in [0.29, 0.717) is 12.5 Å². The lowest BCUT2D eigenvalue weighted by Gasteiger charge is -2.32. The molecule has 1 saturated heterocycles. The maximum absolute atomic E-state index is 12.0. The number of aromatic nitrogens is 1. The second kappa shape index (κ2) is 5.89. The van der Waals surface area contributed by atoms with E-state index in [9.17, 15) is 4.79 Å². The molecule has 0 aromatic carbocycles. The number of ketones is 1. The fraction of sp³-hybridized carbons (Fsp3) is 0.538. The number of hydrogen-bond acceptors (Lipinski definition) is 4. The predicted octanol–water partition coefficient (Wildman–Crippen LogP) is 0.948. The van der Waals surface area contributed by atoms with Gasteiger partial charge >= 0.3 is 0 Å². The highest BCUT2D eigenvalue weighted by Crippen LogP contribution is 2.10. The molecule has 92 valence electrons. The van der Waals surface area contributed by atoms with E-state index in [0.717, 1.165) is 31.7 Å². The van der Waals surface area contributed by atoms with E-state index in [1.165, 1.54) is 0 Å². The smallest absolute Gasteiger partial charge is 0.164 e. The summed E-state index contributed by atoms with van der Waals surface area (Å²) in [5, 5.41) is 3.32. The Morgan fingerprint density at radius 1 is 1.41 bits per heavy atom. The molecule has 1 unspecified atom stereocenters. The molecule has 1 fully saturated rings. The normalized spacial score (nSPS) is 18.9. The summed E-state index contributed by atoms with van der Waals surface area (Å²) >= 11 is 0. The van der Waals surface area contributed by atoms with Crippen LogP contribution in [-0.2, 0) is 0 Å². The molecule has 17 heavy (non-hydrogen) atoms. The Bertz CT molecular complexity index is 360. The van der Waals surface area contributed by atoms with Gasteiger partial charge in [0.2, 0.25) is 0 Å². The third kappa shape index (κ3) is 3.35. The fourth-order valence-corrected chi connectivity index (χ4v) is 2.18. The van der Waals surface area contributed by atoms with Crippen LogP contribution in [0.15, 0.2) is 24.5 Å². The van der Waals surface area contributed by atoms with Gasteiger partial charge in [-0.1, -0.05) is 0 Å². The molecule has 0 amide bonds. The zero-order valence-electron chi connectivity index (χ0n) is 10.2. The van der Waals surface area contributed by atoms with Gasteiger partial charge in [-0.2, -0.15) is 0 Å². The van der Waals surface area contributed by atoms with Gasteiger partial charge in [0.15, 0.2) is 5.78 Å². The predicted molar refractivity (Wildman–Crippen MR) is 67.1 cm³/mol. The first-order chi connectivity index (χ1) is 8.27. The van der Waals surface area contributed by atoms with E-state index in [1.807, 2.05) is 0 Å². The number of carbonyl (C=O) groups excluding carboxylic acids is 1. The van der Waals surface area contributed by atoms with Gasteiger partial charge in [0.05, 0.1) is 0 Å². The third-order valence-electron chi connectivity index (χ3n) is 3.26. The highest BCUT2D eigenvalue weighted by Gasteiger charge is 2.19. The molecule has 0 saturated carbocycles. The van der Waals surface area contributed by atoms with Crippen LogP contribution in [0, 0.1) is 0 Å². The minimum absolute atomic E-state index is 0.207. The van der Waals surface area contributed by atoms with Crippen LogP contribution in [0.5, 0.6) is 0 Å². The summed E-state index contributed by atoms with van der Waals surface area (Å²) in [4.78, 5) is 18.3. The van der Waals surface area contributed by atoms with Gasteiger partial charge in [-0.05, 0) is 19.1 Å². The second-order valence-electron chi connectivity index (χ2n) is 4.50. The molecule has 1 N–H and O–H groups in total. The average molecular weight is 233 g/mol. The summed E-state index contributed by atoms with van der Waals surface area (Å²) in [7, 11) is 0. The number of piperazine rings is 1. The molecule has 0 bridgehead atoms. The number of nitrogens with zero attached hydrogens (tertiary/aromatic N) is 2. The monoisotopic (exact) mass is 233 g/mol. The van der Waals surface area contributed by atoms with Gasteiger partial charge in [0, 0.05) is 56.6 Å². The summed E-state index contributed by atoms with van der Waals surface area (Å²) in [6.07, 6.45) is 3.93. The maximum atomic E-state index is 12.0. The van der Waals surface area contributed by atoms with Crippen LogP contribution in [0.1, 0.15) is 23.7 Å². The van der Waals surface area contributed by atoms with Crippen molar-refractivity contribution in [1.29, 1.82) is 0 Å². The van der Waals surface area contributed by atoms with Gasteiger partial charge in [-0.15, -0.1) is 0 Å². The number of rotatable bonds is 4. The Morgan fingerprint density at radius 2 is 2.06 bits per heavy atom. The first-order valence-corrected chi connectivity index (χ1v) is 6.15. The molecule has 0 radical (unpaired) electrons. The topological polar surface area (TPSA) is 45.2 Å². The van der Waals surface area contributed by atoms with E-state index in [2.05, 4.69) is 22.1 Å². The highest BCUT2D eigenvalue weighted by atomic mass is 16.1. The Hall–Kier alpha value is -1.26. The van der Waals surface area contributed by atoms with E-state index in [1.54, 1.807) is 24.5 Å². The number of carbonyl (C=O) groups is 1. The first kappa shape index (κ1) is 12.2. The van der Waals surface area contributed by atoms with Crippen molar-refractivity contribution >= 4 is 5.78 Å². The molecule has 1 atom stereocenters. The van der Waals surface area contributed by atoms with Gasteiger partial charge in [-0.25, -0.2) is 0 Å². The molecule has 1 aliphatic heterocycles. The molecule has 4 heteroatoms. The summed E-state index contributed by atoms with van der Waals surface area (Å²) in [5.41, 5.74) is 0.766. The average Bonchev–Trinajstić information content (AvgIpc) is 2.40. The van der Waals surface area contributed by atoms with Crippen LogP contribution in [-0.4, -0.2) is 47.9 Å². The lowest BCUT2D eigenvalue weighted by atomic mass is 10.0. The van der Waals surface area contributed by atoms with Crippen LogP contribution in [0.3, 0.4) is 0 Å². The van der Waals surface area contributed by atoms with Crippen molar-refractivity contribution < 1.29 is 4.79 Å². The quantitative estimate of drug-likeness (QED) is 0.786. The SMILES string of the molecule is CC(CC(=O)c1ccncc1)N1CCNCC1. The van der Waals surface area contributed by atoms with Crippen molar-refractivity contribution in [2.75, 3.05) is 26.2 Å². The number of nitrogens with one attached hydrogen (secondary N) is 1. The van der Waals surface area contributed by atoms with Crippen molar-refractivity contribution in [1.82, 2.24) is 15.2 Å². The molecule has 0 spiro atoms. The molecule has 1 aliphatic rings. The van der Waals surface area contributed by atoms with Crippen LogP contribution in [0.2, 0.25) is 0 Å². The molecular weight excluding hydrogens is 214 g/mol. The summed E-state index contributed by atoms with van der Waals surface area (Å²) in [6.45, 7) is 6.24. The van der Waals surface area contributed by atoms with Crippen LogP contribution in [0.4, 0.5) is 0 Å². The minimum Gasteiger partial charge on any atom is -0.314 e. The molecular formula is C13H19N3O. The Kier molecular flexibility index (Phi) is 4.23. The molecule has 2 heterocycles. The van der Waals surface area contributed by atoms with E-state index >= 15 is 0 Å². The largest absolute Gasteiger partial charge is 0.314 e. The maximum Gasteiger partial charge on any atom is 0.164 e. The van der Waals surface area contributed by atoms with E-state index in [4.69, 9.17) is 0 Å². The summed E-state index contributed by atoms with van der Waals surface area (Å²) in [5.74, 6) is 0.207. The van der Waals surface area contributed by atoms with Crippen LogP contribution < -0.4 is 5.32 Å². The molecule has 1 aromatic rings. The van der Waals surface area contributed by atoms with Crippen molar-refractivity contribution in [3.63, 3.8) is 0 Å². The molecule has 4 nitrogen and oxygen atoms in total. The highest BCUT2D eigenvalue weighted by molar-refractivity contribution is 5.96. The number of pyridine rings is 1. The lowest BCUT2D eigenvalue weighted by Crippen LogP contribution is -2.48. The Labute approximate surface area is 102 Å². The van der Waals surface area contributed by atoms with Gasteiger partial charge in [0.1, 0.15) is 0 Å². The fourth-order valence-electron chi connectivity index (χ4n) is 2.18. The molecule has 1 aromatic heterocycles. The van der Waals surface area contributed by atoms with E-state index < -0.39 is 0 Å². The first-order valence-electron chi connectivity index (χ1n) is 6.15. The number of hydrogen-bond donors (Lipinski definition) is 1. The van der Waals surface area contributed by atoms with Gasteiger partial charge in [0.25, 0.3) is 0 Å². The van der Waals surface area contributed by atoms with Crippen molar-refractivity contribution in [3.8, 4) is 0 Å². The van der Waals surface area contributed by atoms with Gasteiger partial charge < -0.3 is 5.32 Å². The van der Waals surface area contributed by atoms with Crippen molar-refractivity contribution in [3.05, 3.63) is 30.1 Å². The summed E-state index contributed by atoms with van der Waals surface area (Å²) in [6, 6.07) is 3.89. The van der Waals surface area contributed by atoms with Crippen molar-refractivity contribution in [2.24, 2.45) is 0 Å². The van der Waals surface area contributed by atoms with Gasteiger partial charge in [-0.3, -0.25) is 14.7 Å². The molecule has 2 rings (SSSR count). The third-order valence-corrected chi connectivity index (χ3v) is 3.26. The minimum atomic E-state index is 0.207. The van der Waals surface area contributed by atoms with Crippen LogP contribution in [0.25, 0.3) is 0 Å². The second-order valence-corrected chi connectivity index (χ2v) is 4.50. The lowest BCUT2D eigenvalue weighted by molar-refractivity contribution is 0.0918. The molecule has 0 aliphatic carbocycles. The standard InChI is InChI=1S/C13H19N3O/c1-11(16-8-6-15-7-9-16)10-13(17)12-2-4-14-5-3-12/h2-5,11,15H,6-10H2,1H3. The Morgan fingerprint density at radius 3 is 2.71 bits per heavy atom. The van der Waals surface area contributed by atoms with Crippen molar-refractivity contribution in [2.45, 2.75) is 19.4 Å². The number of Topliss-reactive ketones (excluding diaryl/α,β-unsaturated/α-hetero) is 1. The zero-order valence-corrected chi connectivity index (χ0v) is 10.2. The van der Waals surface area contributed by atoms with Crippen LogP contribution >= 0.6 is 0 Å².